The van der Waals surface area contributed by atoms with Crippen molar-refractivity contribution >= 4 is 41.3 Å². The summed E-state index contributed by atoms with van der Waals surface area (Å²) >= 11 is 0. The van der Waals surface area contributed by atoms with Crippen molar-refractivity contribution in [3.8, 4) is 0 Å². The summed E-state index contributed by atoms with van der Waals surface area (Å²) in [6.45, 7) is 8.03. The van der Waals surface area contributed by atoms with E-state index in [0.29, 0.717) is 30.6 Å². The summed E-state index contributed by atoms with van der Waals surface area (Å²) in [5.41, 5.74) is 0.369. The van der Waals surface area contributed by atoms with Gasteiger partial charge in [0.05, 0.1) is 16.9 Å². The lowest BCUT2D eigenvalue weighted by Crippen LogP contribution is -2.47. The van der Waals surface area contributed by atoms with E-state index in [9.17, 15) is 9.59 Å². The number of carbonyl (C=O) groups is 2. The average Bonchev–Trinajstić information content (AvgIpc) is 3.09. The molecule has 2 aromatic carbocycles. The Morgan fingerprint density at radius 3 is 2.31 bits per heavy atom. The van der Waals surface area contributed by atoms with Crippen LogP contribution < -0.4 is 21.0 Å². The van der Waals surface area contributed by atoms with E-state index < -0.39 is 47.7 Å². The molecule has 2 N–H and O–H groups in total. The highest BCUT2D eigenvalue weighted by molar-refractivity contribution is 6.62. The van der Waals surface area contributed by atoms with Crippen LogP contribution in [0.4, 0.5) is 24.5 Å². The van der Waals surface area contributed by atoms with Gasteiger partial charge in [-0.2, -0.15) is 0 Å². The molecule has 2 saturated heterocycles. The summed E-state index contributed by atoms with van der Waals surface area (Å²) in [7, 11) is -1.01. The molecule has 2 aromatic rings. The third-order valence-electron chi connectivity index (χ3n) is 8.02. The second-order valence-electron chi connectivity index (χ2n) is 11.2. The van der Waals surface area contributed by atoms with Gasteiger partial charge in [0.15, 0.2) is 0 Å². The number of rotatable bonds is 5. The molecule has 0 bridgehead atoms. The van der Waals surface area contributed by atoms with Crippen LogP contribution in [0.25, 0.3) is 5.57 Å². The molecule has 206 valence electrons. The van der Waals surface area contributed by atoms with Crippen LogP contribution in [0, 0.1) is 17.5 Å². The van der Waals surface area contributed by atoms with Gasteiger partial charge in [-0.15, -0.1) is 0 Å². The Balaban J connectivity index is 1.27. The molecule has 11 heteroatoms. The predicted octanol–water partition coefficient (Wildman–Crippen LogP) is 3.91. The van der Waals surface area contributed by atoms with Crippen LogP contribution in [0.3, 0.4) is 0 Å². The SMILES string of the molecule is CC1(C)OB(c2cc(F)c(N3CC=C(c4ccc(NC5CCC(=O)NC5=O)cc4F)CC3)cc2F)OC1(C)C. The zero-order valence-electron chi connectivity index (χ0n) is 22.4. The summed E-state index contributed by atoms with van der Waals surface area (Å²) in [6.07, 6.45) is 2.79. The third-order valence-corrected chi connectivity index (χ3v) is 8.02. The Hall–Kier alpha value is -3.31. The highest BCUT2D eigenvalue weighted by atomic mass is 19.1. The topological polar surface area (TPSA) is 79.9 Å². The Bertz CT molecular complexity index is 1350. The van der Waals surface area contributed by atoms with Gasteiger partial charge in [0.1, 0.15) is 23.5 Å². The first-order chi connectivity index (χ1) is 18.3. The standard InChI is InChI=1S/C28H31BF3N3O4/c1-27(2)28(3,4)39-29(38-27)19-14-22(32)24(15-21(19)31)35-11-9-16(10-12-35)18-6-5-17(13-20(18)30)33-23-7-8-25(36)34-26(23)37/h5-6,9,13-15,23,33H,7-8,10-12H2,1-4H3,(H,34,36,37). The van der Waals surface area contributed by atoms with E-state index in [-0.39, 0.29) is 30.0 Å². The number of nitrogens with zero attached hydrogens (tertiary/aromatic N) is 1. The van der Waals surface area contributed by atoms with Gasteiger partial charge in [0.25, 0.3) is 0 Å². The smallest absolute Gasteiger partial charge is 0.399 e. The van der Waals surface area contributed by atoms with Crippen molar-refractivity contribution in [2.24, 2.45) is 0 Å². The van der Waals surface area contributed by atoms with Crippen molar-refractivity contribution in [2.45, 2.75) is 64.2 Å². The molecule has 2 amide bonds. The lowest BCUT2D eigenvalue weighted by Gasteiger charge is -2.32. The van der Waals surface area contributed by atoms with Crippen LogP contribution in [0.5, 0.6) is 0 Å². The average molecular weight is 541 g/mol. The molecule has 3 aliphatic rings. The number of carbonyl (C=O) groups excluding carboxylic acids is 2. The Morgan fingerprint density at radius 1 is 0.974 bits per heavy atom. The Labute approximate surface area is 225 Å². The number of hydrogen-bond donors (Lipinski definition) is 2. The van der Waals surface area contributed by atoms with E-state index >= 15 is 13.2 Å². The van der Waals surface area contributed by atoms with Gasteiger partial charge in [-0.3, -0.25) is 14.9 Å². The Kier molecular flexibility index (Phi) is 7.01. The molecule has 0 saturated carbocycles. The van der Waals surface area contributed by atoms with E-state index in [1.807, 2.05) is 27.7 Å². The van der Waals surface area contributed by atoms with Crippen LogP contribution in [0.1, 0.15) is 52.5 Å². The van der Waals surface area contributed by atoms with Gasteiger partial charge in [-0.25, -0.2) is 13.2 Å². The molecular weight excluding hydrogens is 510 g/mol. The maximum atomic E-state index is 15.2. The molecule has 3 aliphatic heterocycles. The largest absolute Gasteiger partial charge is 0.497 e. The van der Waals surface area contributed by atoms with Crippen molar-refractivity contribution in [3.05, 3.63) is 59.4 Å². The highest BCUT2D eigenvalue weighted by Crippen LogP contribution is 2.37. The number of amides is 2. The molecule has 0 radical (unpaired) electrons. The van der Waals surface area contributed by atoms with Crippen molar-refractivity contribution in [3.63, 3.8) is 0 Å². The fourth-order valence-corrected chi connectivity index (χ4v) is 4.98. The second-order valence-corrected chi connectivity index (χ2v) is 11.2. The highest BCUT2D eigenvalue weighted by Gasteiger charge is 2.52. The first-order valence-corrected chi connectivity index (χ1v) is 13.0. The number of benzene rings is 2. The summed E-state index contributed by atoms with van der Waals surface area (Å²) in [6, 6.07) is 6.30. The van der Waals surface area contributed by atoms with Crippen molar-refractivity contribution in [1.29, 1.82) is 0 Å². The van der Waals surface area contributed by atoms with Gasteiger partial charge >= 0.3 is 7.12 Å². The van der Waals surface area contributed by atoms with Gasteiger partial charge < -0.3 is 19.5 Å². The first-order valence-electron chi connectivity index (χ1n) is 13.0. The lowest BCUT2D eigenvalue weighted by atomic mass is 9.78. The maximum absolute atomic E-state index is 15.2. The van der Waals surface area contributed by atoms with Gasteiger partial charge in [0.2, 0.25) is 11.8 Å². The van der Waals surface area contributed by atoms with Crippen LogP contribution in [-0.2, 0) is 18.9 Å². The fraction of sp³-hybridized carbons (Fsp3) is 0.429. The second kappa shape index (κ2) is 10.0. The lowest BCUT2D eigenvalue weighted by molar-refractivity contribution is -0.133. The number of hydrogen-bond acceptors (Lipinski definition) is 6. The number of piperidine rings is 1. The van der Waals surface area contributed by atoms with Crippen LogP contribution >= 0.6 is 0 Å². The predicted molar refractivity (Wildman–Crippen MR) is 143 cm³/mol. The number of imide groups is 1. The normalized spacial score (nSPS) is 22.5. The summed E-state index contributed by atoms with van der Waals surface area (Å²) in [5, 5.41) is 5.23. The van der Waals surface area contributed by atoms with Gasteiger partial charge in [-0.1, -0.05) is 6.08 Å². The van der Waals surface area contributed by atoms with E-state index in [0.717, 1.165) is 17.7 Å². The molecule has 7 nitrogen and oxygen atoms in total. The molecule has 5 rings (SSSR count). The number of anilines is 2. The number of halogens is 3. The molecule has 1 unspecified atom stereocenters. The zero-order valence-corrected chi connectivity index (χ0v) is 22.4. The van der Waals surface area contributed by atoms with Crippen molar-refractivity contribution in [1.82, 2.24) is 5.32 Å². The molecule has 0 aliphatic carbocycles. The Morgan fingerprint density at radius 2 is 1.69 bits per heavy atom. The van der Waals surface area contributed by atoms with Crippen LogP contribution in [0.15, 0.2) is 36.4 Å². The molecular formula is C28H31BF3N3O4. The van der Waals surface area contributed by atoms with E-state index in [1.165, 1.54) is 6.07 Å². The van der Waals surface area contributed by atoms with Crippen LogP contribution in [0.2, 0.25) is 0 Å². The number of nitrogens with one attached hydrogen (secondary N) is 2. The minimum absolute atomic E-state index is 0.0104. The minimum atomic E-state index is -1.01. The molecule has 3 heterocycles. The summed E-state index contributed by atoms with van der Waals surface area (Å²) in [4.78, 5) is 25.0. The molecule has 0 spiro atoms. The monoisotopic (exact) mass is 541 g/mol. The van der Waals surface area contributed by atoms with E-state index in [4.69, 9.17) is 9.31 Å². The van der Waals surface area contributed by atoms with Crippen molar-refractivity contribution in [2.75, 3.05) is 23.3 Å². The molecule has 1 atom stereocenters. The quantitative estimate of drug-likeness (QED) is 0.442. The fourth-order valence-electron chi connectivity index (χ4n) is 4.98. The minimum Gasteiger partial charge on any atom is -0.399 e. The van der Waals surface area contributed by atoms with E-state index in [1.54, 1.807) is 23.1 Å². The molecule has 2 fully saturated rings. The summed E-state index contributed by atoms with van der Waals surface area (Å²) < 4.78 is 57.1. The molecule has 0 aromatic heterocycles. The van der Waals surface area contributed by atoms with Gasteiger partial charge in [0, 0.05) is 36.2 Å². The van der Waals surface area contributed by atoms with Crippen LogP contribution in [-0.4, -0.2) is 49.3 Å². The van der Waals surface area contributed by atoms with E-state index in [2.05, 4.69) is 10.6 Å². The summed E-state index contributed by atoms with van der Waals surface area (Å²) in [5.74, 6) is -2.42. The maximum Gasteiger partial charge on any atom is 0.497 e. The zero-order chi connectivity index (χ0) is 28.1. The molecule has 39 heavy (non-hydrogen) atoms. The van der Waals surface area contributed by atoms with Gasteiger partial charge in [-0.05, 0) is 76.4 Å². The third kappa shape index (κ3) is 5.29. The van der Waals surface area contributed by atoms with Crippen molar-refractivity contribution < 1.29 is 32.1 Å². The first kappa shape index (κ1) is 27.3.